The Kier molecular flexibility index (Phi) is 5.86. The van der Waals surface area contributed by atoms with E-state index >= 15 is 0 Å². The lowest BCUT2D eigenvalue weighted by atomic mass is 10.0. The van der Waals surface area contributed by atoms with E-state index in [2.05, 4.69) is 9.97 Å². The van der Waals surface area contributed by atoms with Crippen molar-refractivity contribution in [1.29, 1.82) is 0 Å². The fourth-order valence-electron chi connectivity index (χ4n) is 4.01. The predicted octanol–water partition coefficient (Wildman–Crippen LogP) is 4.24. The number of carboxylic acid groups (broad SMARTS) is 1. The summed E-state index contributed by atoms with van der Waals surface area (Å²) in [6.07, 6.45) is 3.93. The van der Waals surface area contributed by atoms with E-state index in [-0.39, 0.29) is 5.91 Å². The van der Waals surface area contributed by atoms with Gasteiger partial charge in [-0.15, -0.1) is 0 Å². The highest BCUT2D eigenvalue weighted by atomic mass is 35.5. The van der Waals surface area contributed by atoms with Gasteiger partial charge in [-0.2, -0.15) is 0 Å². The minimum absolute atomic E-state index is 0.349. The fraction of sp³-hybridized carbons (Fsp3) is 0.217. The number of hydrogen-bond acceptors (Lipinski definition) is 5. The molecule has 0 saturated carbocycles. The number of hydrogen-bond donors (Lipinski definition) is 1. The number of carboxylic acids is 1. The molecule has 0 radical (unpaired) electrons. The molecule has 1 saturated heterocycles. The Morgan fingerprint density at radius 1 is 1.13 bits per heavy atom. The van der Waals surface area contributed by atoms with E-state index < -0.39 is 18.1 Å². The molecular weight excluding hydrogens is 418 g/mol. The molecule has 1 aromatic heterocycles. The second-order valence-electron chi connectivity index (χ2n) is 7.20. The molecule has 1 fully saturated rings. The summed E-state index contributed by atoms with van der Waals surface area (Å²) in [6, 6.07) is 12.8. The number of benzene rings is 2. The summed E-state index contributed by atoms with van der Waals surface area (Å²) in [5.74, 6) is -0.943. The van der Waals surface area contributed by atoms with Gasteiger partial charge in [0.1, 0.15) is 12.4 Å². The second-order valence-corrected chi connectivity index (χ2v) is 7.61. The van der Waals surface area contributed by atoms with Gasteiger partial charge in [0.15, 0.2) is 0 Å². The maximum absolute atomic E-state index is 13.4. The number of carbonyl (C=O) groups is 2. The van der Waals surface area contributed by atoms with Gasteiger partial charge < -0.3 is 14.7 Å². The maximum Gasteiger partial charge on any atom is 0.326 e. The highest BCUT2D eigenvalue weighted by Crippen LogP contribution is 2.40. The molecule has 2 heterocycles. The van der Waals surface area contributed by atoms with Crippen LogP contribution in [0.3, 0.4) is 0 Å². The van der Waals surface area contributed by atoms with Crippen LogP contribution in [0.5, 0.6) is 5.88 Å². The molecule has 1 amide bonds. The first kappa shape index (κ1) is 20.8. The zero-order valence-electron chi connectivity index (χ0n) is 16.7. The second kappa shape index (κ2) is 8.73. The van der Waals surface area contributed by atoms with Gasteiger partial charge >= 0.3 is 5.97 Å². The Bertz CT molecular complexity index is 1120. The Morgan fingerprint density at radius 2 is 1.87 bits per heavy atom. The zero-order chi connectivity index (χ0) is 22.0. The van der Waals surface area contributed by atoms with Gasteiger partial charge in [-0.3, -0.25) is 4.79 Å². The maximum atomic E-state index is 13.4. The number of ether oxygens (including phenoxy) is 1. The molecular formula is C23H20ClN3O4. The zero-order valence-corrected chi connectivity index (χ0v) is 17.5. The van der Waals surface area contributed by atoms with Crippen molar-refractivity contribution in [3.05, 3.63) is 77.2 Å². The highest BCUT2D eigenvalue weighted by Gasteiger charge is 2.42. The summed E-state index contributed by atoms with van der Waals surface area (Å²) in [6.45, 7) is 0. The summed E-state index contributed by atoms with van der Waals surface area (Å²) in [5.41, 5.74) is 2.63. The fourth-order valence-corrected chi connectivity index (χ4v) is 4.27. The number of nitrogens with zero attached hydrogens (tertiary/aromatic N) is 3. The third-order valence-electron chi connectivity index (χ3n) is 5.48. The third kappa shape index (κ3) is 3.96. The van der Waals surface area contributed by atoms with Gasteiger partial charge in [0.25, 0.3) is 5.91 Å². The van der Waals surface area contributed by atoms with E-state index in [1.165, 1.54) is 18.3 Å². The molecule has 8 heteroatoms. The quantitative estimate of drug-likeness (QED) is 0.641. The number of halogens is 1. The number of amides is 1. The Balaban J connectivity index is 1.67. The molecule has 4 rings (SSSR count). The van der Waals surface area contributed by atoms with E-state index in [1.807, 2.05) is 18.2 Å². The van der Waals surface area contributed by atoms with Crippen LogP contribution in [-0.2, 0) is 4.79 Å². The van der Waals surface area contributed by atoms with Crippen LogP contribution in [0.4, 0.5) is 0 Å². The van der Waals surface area contributed by atoms with Crippen LogP contribution in [0.1, 0.15) is 34.8 Å². The average Bonchev–Trinajstić information content (AvgIpc) is 3.24. The number of methoxy groups -OCH3 is 1. The van der Waals surface area contributed by atoms with E-state index in [0.29, 0.717) is 34.9 Å². The normalized spacial score (nSPS) is 18.1. The number of carbonyl (C=O) groups excluding carboxylic acids is 1. The average molecular weight is 438 g/mol. The van der Waals surface area contributed by atoms with Crippen LogP contribution >= 0.6 is 11.6 Å². The van der Waals surface area contributed by atoms with E-state index in [4.69, 9.17) is 16.3 Å². The summed E-state index contributed by atoms with van der Waals surface area (Å²) in [7, 11) is 1.53. The van der Waals surface area contributed by atoms with E-state index in [1.54, 1.807) is 36.5 Å². The first-order valence-corrected chi connectivity index (χ1v) is 10.1. The van der Waals surface area contributed by atoms with Crippen molar-refractivity contribution >= 4 is 23.5 Å². The topological polar surface area (TPSA) is 92.6 Å². The van der Waals surface area contributed by atoms with Crippen LogP contribution in [0.15, 0.2) is 61.1 Å². The predicted molar refractivity (Wildman–Crippen MR) is 115 cm³/mol. The highest BCUT2D eigenvalue weighted by molar-refractivity contribution is 6.31. The molecule has 3 aromatic rings. The molecule has 31 heavy (non-hydrogen) atoms. The molecule has 0 spiro atoms. The Hall–Kier alpha value is -3.45. The van der Waals surface area contributed by atoms with Gasteiger partial charge in [0, 0.05) is 16.8 Å². The Morgan fingerprint density at radius 3 is 2.55 bits per heavy atom. The number of aromatic nitrogens is 2. The van der Waals surface area contributed by atoms with Crippen LogP contribution in [0.25, 0.3) is 11.1 Å². The molecule has 2 aromatic carbocycles. The van der Waals surface area contributed by atoms with Crippen LogP contribution in [0.2, 0.25) is 5.02 Å². The van der Waals surface area contributed by atoms with Gasteiger partial charge in [0.05, 0.1) is 18.7 Å². The summed E-state index contributed by atoms with van der Waals surface area (Å²) in [5, 5.41) is 10.2. The van der Waals surface area contributed by atoms with Gasteiger partial charge in [-0.25, -0.2) is 14.8 Å². The lowest BCUT2D eigenvalue weighted by molar-refractivity contribution is -0.141. The van der Waals surface area contributed by atoms with Crippen molar-refractivity contribution in [3.63, 3.8) is 0 Å². The van der Waals surface area contributed by atoms with Gasteiger partial charge in [-0.1, -0.05) is 41.9 Å². The Labute approximate surface area is 184 Å². The lowest BCUT2D eigenvalue weighted by Crippen LogP contribution is -2.41. The third-order valence-corrected chi connectivity index (χ3v) is 5.83. The number of likely N-dealkylation sites (tertiary alicyclic amines) is 1. The molecule has 0 unspecified atom stereocenters. The minimum atomic E-state index is -1.02. The van der Waals surface area contributed by atoms with E-state index in [9.17, 15) is 14.7 Å². The monoisotopic (exact) mass is 437 g/mol. The molecule has 1 aliphatic rings. The van der Waals surface area contributed by atoms with Crippen LogP contribution in [-0.4, -0.2) is 45.0 Å². The first-order valence-electron chi connectivity index (χ1n) is 9.75. The largest absolute Gasteiger partial charge is 0.480 e. The summed E-state index contributed by atoms with van der Waals surface area (Å²) < 4.78 is 5.27. The van der Waals surface area contributed by atoms with Crippen molar-refractivity contribution in [3.8, 4) is 17.0 Å². The molecule has 0 aliphatic carbocycles. The van der Waals surface area contributed by atoms with E-state index in [0.717, 1.165) is 11.1 Å². The van der Waals surface area contributed by atoms with Gasteiger partial charge in [-0.05, 0) is 42.2 Å². The standard InChI is InChI=1S/C23H20ClN3O4/c1-31-21-17(12-25-13-26-21)14-6-8-15(9-7-14)22(28)27-19(10-11-20(27)23(29)30)16-4-2-3-5-18(16)24/h2-9,12-13,19-20H,10-11H2,1H3,(H,29,30)/t19-,20+/m1/s1. The van der Waals surface area contributed by atoms with Crippen LogP contribution < -0.4 is 4.74 Å². The van der Waals surface area contributed by atoms with Crippen molar-refractivity contribution < 1.29 is 19.4 Å². The molecule has 2 atom stereocenters. The molecule has 1 aliphatic heterocycles. The number of aliphatic carboxylic acids is 1. The van der Waals surface area contributed by atoms with Crippen LogP contribution in [0, 0.1) is 0 Å². The van der Waals surface area contributed by atoms with Crippen molar-refractivity contribution in [2.45, 2.75) is 24.9 Å². The lowest BCUT2D eigenvalue weighted by Gasteiger charge is -2.29. The van der Waals surface area contributed by atoms with Crippen molar-refractivity contribution in [2.75, 3.05) is 7.11 Å². The molecule has 0 bridgehead atoms. The molecule has 1 N–H and O–H groups in total. The molecule has 7 nitrogen and oxygen atoms in total. The first-order chi connectivity index (χ1) is 15.0. The number of rotatable bonds is 5. The summed E-state index contributed by atoms with van der Waals surface area (Å²) >= 11 is 6.36. The van der Waals surface area contributed by atoms with Gasteiger partial charge in [0.2, 0.25) is 5.88 Å². The van der Waals surface area contributed by atoms with Crippen molar-refractivity contribution in [2.24, 2.45) is 0 Å². The summed E-state index contributed by atoms with van der Waals surface area (Å²) in [4.78, 5) is 34.8. The molecule has 158 valence electrons. The van der Waals surface area contributed by atoms with Crippen molar-refractivity contribution in [1.82, 2.24) is 14.9 Å². The minimum Gasteiger partial charge on any atom is -0.480 e. The SMILES string of the molecule is COc1ncncc1-c1ccc(C(=O)N2[C@@H](c3ccccc3Cl)CC[C@H]2C(=O)O)cc1. The smallest absolute Gasteiger partial charge is 0.326 e.